The number of carbonyl (C=O) groups excluding carboxylic acids is 1. The van der Waals surface area contributed by atoms with Crippen molar-refractivity contribution in [2.24, 2.45) is 5.72 Å². The lowest BCUT2D eigenvalue weighted by Gasteiger charge is -2.12. The lowest BCUT2D eigenvalue weighted by Crippen LogP contribution is -2.16. The minimum Gasteiger partial charge on any atom is -0.460 e. The fourth-order valence-electron chi connectivity index (χ4n) is 2.24. The van der Waals surface area contributed by atoms with Gasteiger partial charge in [0.05, 0.1) is 11.0 Å². The summed E-state index contributed by atoms with van der Waals surface area (Å²) in [6.45, 7) is 0. The third kappa shape index (κ3) is 4.28. The highest BCUT2D eigenvalue weighted by atomic mass is 32.2. The molecule has 6 nitrogen and oxygen atoms in total. The van der Waals surface area contributed by atoms with Gasteiger partial charge in [-0.1, -0.05) is 42.4 Å². The number of carbonyl (C=O) groups is 1. The van der Waals surface area contributed by atoms with E-state index in [1.165, 1.54) is 24.3 Å². The molecule has 1 unspecified atom stereocenters. The van der Waals surface area contributed by atoms with Crippen LogP contribution >= 0.6 is 0 Å². The van der Waals surface area contributed by atoms with Gasteiger partial charge in [-0.25, -0.2) is 0 Å². The molecule has 0 aromatic heterocycles. The first kappa shape index (κ1) is 13.2. The molecular weight excluding hydrogens is 399 g/mol. The number of Topliss-reactive ketones (excluding diaryl/α,β-unsaturated/α-hetero) is 1. The highest BCUT2D eigenvalue weighted by Crippen LogP contribution is 2.35. The second-order valence-corrected chi connectivity index (χ2v) is 7.12. The van der Waals surface area contributed by atoms with Crippen molar-refractivity contribution in [1.82, 2.24) is 0 Å². The lowest BCUT2D eigenvalue weighted by atomic mass is 10.0. The topological polar surface area (TPSA) is 95.7 Å². The van der Waals surface area contributed by atoms with Gasteiger partial charge in [0, 0.05) is 5.56 Å². The van der Waals surface area contributed by atoms with Crippen molar-refractivity contribution in [2.45, 2.75) is 18.0 Å². The SMILES string of the molecule is [2H]c1c([2H])c(C(F)(F)F)c([2H])c([2H])c1C1OC(N([2H])[2H])=C(OS(=O)(=O)Cc2ccccc2)C1=O. The van der Waals surface area contributed by atoms with E-state index >= 15 is 0 Å². The van der Waals surface area contributed by atoms with Crippen LogP contribution in [0.3, 0.4) is 0 Å². The summed E-state index contributed by atoms with van der Waals surface area (Å²) in [5, 5.41) is 0. The number of nitrogens with two attached hydrogens (primary N) is 1. The van der Waals surface area contributed by atoms with Gasteiger partial charge >= 0.3 is 16.3 Å². The van der Waals surface area contributed by atoms with Gasteiger partial charge in [0.25, 0.3) is 0 Å². The molecule has 2 aromatic rings. The van der Waals surface area contributed by atoms with E-state index in [0.717, 1.165) is 0 Å². The third-order valence-electron chi connectivity index (χ3n) is 3.47. The minimum atomic E-state index is -5.23. The number of hydrogen-bond donors (Lipinski definition) is 1. The van der Waals surface area contributed by atoms with Crippen LogP contribution in [0, 0.1) is 0 Å². The van der Waals surface area contributed by atoms with Gasteiger partial charge in [-0.05, 0) is 17.6 Å². The molecule has 0 bridgehead atoms. The van der Waals surface area contributed by atoms with Crippen LogP contribution in [0.25, 0.3) is 0 Å². The van der Waals surface area contributed by atoms with Gasteiger partial charge < -0.3 is 14.6 Å². The summed E-state index contributed by atoms with van der Waals surface area (Å²) in [5.74, 6) is -4.37. The van der Waals surface area contributed by atoms with Crippen LogP contribution in [0.1, 0.15) is 28.3 Å². The summed E-state index contributed by atoms with van der Waals surface area (Å²) in [6.07, 6.45) is -7.42. The third-order valence-corrected chi connectivity index (χ3v) is 4.58. The fraction of sp³-hybridized carbons (Fsp3) is 0.167. The molecule has 0 saturated carbocycles. The normalized spacial score (nSPS) is 20.4. The van der Waals surface area contributed by atoms with Crippen LogP contribution in [-0.4, -0.2) is 14.2 Å². The Morgan fingerprint density at radius 2 is 1.82 bits per heavy atom. The molecule has 0 amide bonds. The predicted octanol–water partition coefficient (Wildman–Crippen LogP) is 3.02. The van der Waals surface area contributed by atoms with Crippen LogP contribution in [0.15, 0.2) is 66.1 Å². The molecule has 1 atom stereocenters. The Morgan fingerprint density at radius 3 is 2.39 bits per heavy atom. The van der Waals surface area contributed by atoms with E-state index in [2.05, 4.69) is 0 Å². The summed E-state index contributed by atoms with van der Waals surface area (Å²) < 4.78 is 120. The molecule has 0 fully saturated rings. The number of halogens is 3. The molecule has 1 heterocycles. The summed E-state index contributed by atoms with van der Waals surface area (Å²) in [7, 11) is -4.55. The van der Waals surface area contributed by atoms with E-state index in [-0.39, 0.29) is 11.3 Å². The van der Waals surface area contributed by atoms with Crippen molar-refractivity contribution in [1.29, 1.82) is 0 Å². The molecule has 28 heavy (non-hydrogen) atoms. The predicted molar refractivity (Wildman–Crippen MR) is 91.6 cm³/mol. The van der Waals surface area contributed by atoms with E-state index in [1.54, 1.807) is 6.07 Å². The standard InChI is InChI=1S/C18H14F3NO5S/c19-18(20,21)13-8-6-12(7-9-13)15-14(23)16(17(22)26-15)27-28(24,25)10-11-4-2-1-3-5-11/h1-9,15H,10,22H2/i6D,7D,8D,9D/hD2. The van der Waals surface area contributed by atoms with Crippen LogP contribution in [-0.2, 0) is 35.8 Å². The second-order valence-electron chi connectivity index (χ2n) is 5.55. The van der Waals surface area contributed by atoms with Gasteiger partial charge in [-0.15, -0.1) is 0 Å². The molecule has 1 aliphatic heterocycles. The largest absolute Gasteiger partial charge is 0.460 e. The smallest absolute Gasteiger partial charge is 0.416 e. The fourth-order valence-corrected chi connectivity index (χ4v) is 3.31. The van der Waals surface area contributed by atoms with Crippen molar-refractivity contribution in [3.8, 4) is 0 Å². The number of rotatable bonds is 6. The summed E-state index contributed by atoms with van der Waals surface area (Å²) in [6, 6.07) is 2.07. The van der Waals surface area contributed by atoms with Crippen molar-refractivity contribution in [2.75, 3.05) is 0 Å². The summed E-state index contributed by atoms with van der Waals surface area (Å²) >= 11 is 0. The zero-order valence-corrected chi connectivity index (χ0v) is 14.5. The zero-order valence-electron chi connectivity index (χ0n) is 19.7. The molecule has 3 rings (SSSR count). The maximum absolute atomic E-state index is 13.2. The van der Waals surface area contributed by atoms with Crippen LogP contribution in [0.4, 0.5) is 13.2 Å². The van der Waals surface area contributed by atoms with Crippen molar-refractivity contribution in [3.63, 3.8) is 0 Å². The van der Waals surface area contributed by atoms with Gasteiger partial charge in [-0.3, -0.25) is 4.79 Å². The van der Waals surface area contributed by atoms with E-state index in [9.17, 15) is 26.4 Å². The molecule has 2 aromatic carbocycles. The molecule has 10 heteroatoms. The zero-order chi connectivity index (χ0) is 25.6. The Balaban J connectivity index is 2.03. The van der Waals surface area contributed by atoms with E-state index < -0.39 is 80.9 Å². The van der Waals surface area contributed by atoms with Crippen LogP contribution in [0.2, 0.25) is 2.82 Å². The molecule has 0 radical (unpaired) electrons. The van der Waals surface area contributed by atoms with E-state index in [4.69, 9.17) is 17.2 Å². The van der Waals surface area contributed by atoms with Crippen LogP contribution < -0.4 is 5.72 Å². The molecule has 0 saturated heterocycles. The highest BCUT2D eigenvalue weighted by molar-refractivity contribution is 7.86. The van der Waals surface area contributed by atoms with E-state index in [0.29, 0.717) is 0 Å². The maximum Gasteiger partial charge on any atom is 0.416 e. The monoisotopic (exact) mass is 419 g/mol. The number of hydrogen-bond acceptors (Lipinski definition) is 6. The average molecular weight is 419 g/mol. The molecule has 2 N–H and O–H groups in total. The van der Waals surface area contributed by atoms with Crippen LogP contribution in [0.5, 0.6) is 0 Å². The Hall–Kier alpha value is -3.01. The van der Waals surface area contributed by atoms with Gasteiger partial charge in [0.15, 0.2) is 8.93 Å². The molecule has 1 aliphatic rings. The quantitative estimate of drug-likeness (QED) is 0.723. The minimum absolute atomic E-state index is 0.267. The second kappa shape index (κ2) is 7.19. The number of ether oxygens (including phenoxy) is 1. The summed E-state index contributed by atoms with van der Waals surface area (Å²) in [5.41, 5.74) is -2.87. The molecule has 148 valence electrons. The van der Waals surface area contributed by atoms with Gasteiger partial charge in [-0.2, -0.15) is 21.6 Å². The highest BCUT2D eigenvalue weighted by Gasteiger charge is 2.40. The number of alkyl halides is 3. The first-order valence-electron chi connectivity index (χ1n) is 10.4. The van der Waals surface area contributed by atoms with Crippen molar-refractivity contribution in [3.05, 3.63) is 82.8 Å². The molecular formula is C18H14F3NO5S. The van der Waals surface area contributed by atoms with Crippen molar-refractivity contribution < 1.29 is 43.6 Å². The summed E-state index contributed by atoms with van der Waals surface area (Å²) in [4.78, 5) is 12.9. The average Bonchev–Trinajstić information content (AvgIpc) is 3.02. The number of benzene rings is 2. The first-order chi connectivity index (χ1) is 15.7. The molecule has 0 aliphatic carbocycles. The Bertz CT molecular complexity index is 1260. The molecule has 0 spiro atoms. The lowest BCUT2D eigenvalue weighted by molar-refractivity contribution is -0.137. The van der Waals surface area contributed by atoms with Crippen molar-refractivity contribution >= 4 is 15.9 Å². The van der Waals surface area contributed by atoms with Gasteiger partial charge in [0.2, 0.25) is 17.4 Å². The van der Waals surface area contributed by atoms with Gasteiger partial charge in [0.1, 0.15) is 5.75 Å². The number of ketones is 1. The maximum atomic E-state index is 13.2. The Morgan fingerprint density at radius 1 is 1.18 bits per heavy atom. The first-order valence-corrected chi connectivity index (χ1v) is 9.10. The van der Waals surface area contributed by atoms with E-state index in [1.807, 2.05) is 0 Å². The Labute approximate surface area is 167 Å². The Kier molecular flexibility index (Phi) is 3.39.